The molecule has 0 aromatic rings. The van der Waals surface area contributed by atoms with Crippen molar-refractivity contribution in [3.8, 4) is 0 Å². The lowest BCUT2D eigenvalue weighted by Crippen LogP contribution is -2.09. The molecule has 0 aromatic heterocycles. The summed E-state index contributed by atoms with van der Waals surface area (Å²) in [6.45, 7) is 4.21. The van der Waals surface area contributed by atoms with Gasteiger partial charge in [0, 0.05) is 19.8 Å². The fourth-order valence-corrected chi connectivity index (χ4v) is 2.35. The van der Waals surface area contributed by atoms with E-state index in [0.717, 1.165) is 32.1 Å². The molecule has 0 saturated carbocycles. The summed E-state index contributed by atoms with van der Waals surface area (Å²) >= 11 is 0. The zero-order valence-corrected chi connectivity index (χ0v) is 17.3. The lowest BCUT2D eigenvalue weighted by Gasteiger charge is -2.04. The van der Waals surface area contributed by atoms with E-state index in [1.54, 1.807) is 0 Å². The average molecular weight is 379 g/mol. The molecule has 0 fully saturated rings. The molecule has 0 spiro atoms. The summed E-state index contributed by atoms with van der Waals surface area (Å²) in [5, 5.41) is 0. The maximum Gasteiger partial charge on any atom is 0.305 e. The SMILES string of the molecule is CCCCCC=CCC=CCC=CCCCCC(=O)OCCCOC(C)=O. The zero-order chi connectivity index (χ0) is 20.0. The van der Waals surface area contributed by atoms with Crippen LogP contribution in [0.4, 0.5) is 0 Å². The van der Waals surface area contributed by atoms with Crippen molar-refractivity contribution in [2.24, 2.45) is 0 Å². The molecule has 0 aromatic carbocycles. The van der Waals surface area contributed by atoms with Gasteiger partial charge in [-0.1, -0.05) is 56.2 Å². The third kappa shape index (κ3) is 22.1. The van der Waals surface area contributed by atoms with Crippen LogP contribution in [-0.4, -0.2) is 25.2 Å². The highest BCUT2D eigenvalue weighted by Gasteiger charge is 2.02. The average Bonchev–Trinajstić information content (AvgIpc) is 2.64. The molecule has 0 aliphatic carbocycles. The lowest BCUT2D eigenvalue weighted by molar-refractivity contribution is -0.145. The van der Waals surface area contributed by atoms with Gasteiger partial charge in [0.2, 0.25) is 0 Å². The van der Waals surface area contributed by atoms with E-state index >= 15 is 0 Å². The number of carbonyl (C=O) groups excluding carboxylic acids is 2. The van der Waals surface area contributed by atoms with Crippen LogP contribution in [0.15, 0.2) is 36.5 Å². The number of unbranched alkanes of at least 4 members (excludes halogenated alkanes) is 5. The van der Waals surface area contributed by atoms with Crippen LogP contribution < -0.4 is 0 Å². The summed E-state index contributed by atoms with van der Waals surface area (Å²) in [7, 11) is 0. The van der Waals surface area contributed by atoms with Crippen molar-refractivity contribution >= 4 is 11.9 Å². The van der Waals surface area contributed by atoms with E-state index in [1.165, 1.54) is 32.6 Å². The minimum Gasteiger partial charge on any atom is -0.466 e. The quantitative estimate of drug-likeness (QED) is 0.175. The Morgan fingerprint density at radius 2 is 1.26 bits per heavy atom. The predicted octanol–water partition coefficient (Wildman–Crippen LogP) is 6.07. The van der Waals surface area contributed by atoms with Crippen molar-refractivity contribution in [3.05, 3.63) is 36.5 Å². The Balaban J connectivity index is 3.40. The van der Waals surface area contributed by atoms with Crippen LogP contribution in [0.3, 0.4) is 0 Å². The van der Waals surface area contributed by atoms with E-state index in [-0.39, 0.29) is 11.9 Å². The minimum atomic E-state index is -0.306. The molecule has 0 N–H and O–H groups in total. The maximum absolute atomic E-state index is 11.5. The van der Waals surface area contributed by atoms with Gasteiger partial charge in [0.15, 0.2) is 0 Å². The Kier molecular flexibility index (Phi) is 19.1. The second-order valence-corrected chi connectivity index (χ2v) is 6.54. The molecular formula is C23H38O4. The van der Waals surface area contributed by atoms with Crippen molar-refractivity contribution < 1.29 is 19.1 Å². The van der Waals surface area contributed by atoms with Gasteiger partial charge in [-0.05, 0) is 44.9 Å². The normalized spacial score (nSPS) is 11.6. The Hall–Kier alpha value is -1.84. The van der Waals surface area contributed by atoms with Crippen LogP contribution in [-0.2, 0) is 19.1 Å². The lowest BCUT2D eigenvalue weighted by atomic mass is 10.1. The van der Waals surface area contributed by atoms with Gasteiger partial charge in [-0.3, -0.25) is 9.59 Å². The van der Waals surface area contributed by atoms with E-state index in [0.29, 0.717) is 26.1 Å². The molecule has 0 radical (unpaired) electrons. The number of hydrogen-bond donors (Lipinski definition) is 0. The Morgan fingerprint density at radius 1 is 0.704 bits per heavy atom. The second-order valence-electron chi connectivity index (χ2n) is 6.54. The van der Waals surface area contributed by atoms with E-state index in [1.807, 2.05) is 0 Å². The molecule has 0 aliphatic heterocycles. The van der Waals surface area contributed by atoms with Crippen LogP contribution in [0.25, 0.3) is 0 Å². The van der Waals surface area contributed by atoms with E-state index in [9.17, 15) is 9.59 Å². The fourth-order valence-electron chi connectivity index (χ4n) is 2.35. The Bertz CT molecular complexity index is 449. The topological polar surface area (TPSA) is 52.6 Å². The monoisotopic (exact) mass is 378 g/mol. The standard InChI is InChI=1S/C23H38O4/c1-3-4-5-6-7-8-9-10-11-12-13-14-15-16-17-19-23(25)27-21-18-20-26-22(2)24/h7-8,10-11,13-14H,3-6,9,12,15-21H2,1-2H3. The van der Waals surface area contributed by atoms with Crippen molar-refractivity contribution in [2.45, 2.75) is 84.5 Å². The van der Waals surface area contributed by atoms with Gasteiger partial charge in [0.1, 0.15) is 0 Å². The summed E-state index contributed by atoms with van der Waals surface area (Å²) in [5.74, 6) is -0.480. The molecule has 4 nitrogen and oxygen atoms in total. The first-order valence-electron chi connectivity index (χ1n) is 10.4. The molecule has 0 aliphatic rings. The summed E-state index contributed by atoms with van der Waals surface area (Å²) in [6.07, 6.45) is 24.2. The molecule has 0 unspecified atom stereocenters. The van der Waals surface area contributed by atoms with Gasteiger partial charge in [0.25, 0.3) is 0 Å². The number of carbonyl (C=O) groups is 2. The van der Waals surface area contributed by atoms with Crippen LogP contribution in [0.1, 0.15) is 84.5 Å². The maximum atomic E-state index is 11.5. The first-order chi connectivity index (χ1) is 13.2. The molecule has 0 saturated heterocycles. The fraction of sp³-hybridized carbons (Fsp3) is 0.652. The number of rotatable bonds is 17. The molecule has 0 heterocycles. The van der Waals surface area contributed by atoms with Crippen molar-refractivity contribution in [1.29, 1.82) is 0 Å². The molecule has 0 amide bonds. The summed E-state index contributed by atoms with van der Waals surface area (Å²) in [6, 6.07) is 0. The summed E-state index contributed by atoms with van der Waals surface area (Å²) in [5.41, 5.74) is 0. The third-order valence-electron chi connectivity index (χ3n) is 3.88. The first-order valence-corrected chi connectivity index (χ1v) is 10.4. The molecule has 0 atom stereocenters. The zero-order valence-electron chi connectivity index (χ0n) is 17.3. The molecular weight excluding hydrogens is 340 g/mol. The summed E-state index contributed by atoms with van der Waals surface area (Å²) < 4.78 is 9.85. The van der Waals surface area contributed by atoms with Crippen molar-refractivity contribution in [2.75, 3.05) is 13.2 Å². The highest BCUT2D eigenvalue weighted by atomic mass is 16.5. The van der Waals surface area contributed by atoms with Crippen LogP contribution in [0.2, 0.25) is 0 Å². The Morgan fingerprint density at radius 3 is 1.85 bits per heavy atom. The van der Waals surface area contributed by atoms with Gasteiger partial charge in [0.05, 0.1) is 13.2 Å². The smallest absolute Gasteiger partial charge is 0.305 e. The predicted molar refractivity (Wildman–Crippen MR) is 111 cm³/mol. The van der Waals surface area contributed by atoms with Crippen LogP contribution in [0, 0.1) is 0 Å². The largest absolute Gasteiger partial charge is 0.466 e. The van der Waals surface area contributed by atoms with E-state index in [2.05, 4.69) is 43.4 Å². The van der Waals surface area contributed by atoms with Crippen LogP contribution in [0.5, 0.6) is 0 Å². The Labute approximate surface area is 165 Å². The number of ether oxygens (including phenoxy) is 2. The molecule has 154 valence electrons. The van der Waals surface area contributed by atoms with Crippen molar-refractivity contribution in [3.63, 3.8) is 0 Å². The molecule has 0 bridgehead atoms. The minimum absolute atomic E-state index is 0.174. The van der Waals surface area contributed by atoms with E-state index in [4.69, 9.17) is 9.47 Å². The number of allylic oxidation sites excluding steroid dienone is 6. The van der Waals surface area contributed by atoms with Gasteiger partial charge in [-0.25, -0.2) is 0 Å². The highest BCUT2D eigenvalue weighted by molar-refractivity contribution is 5.69. The van der Waals surface area contributed by atoms with Gasteiger partial charge < -0.3 is 9.47 Å². The highest BCUT2D eigenvalue weighted by Crippen LogP contribution is 2.04. The van der Waals surface area contributed by atoms with Gasteiger partial charge in [-0.2, -0.15) is 0 Å². The second kappa shape index (κ2) is 20.5. The van der Waals surface area contributed by atoms with E-state index < -0.39 is 0 Å². The summed E-state index contributed by atoms with van der Waals surface area (Å²) in [4.78, 5) is 22.1. The third-order valence-corrected chi connectivity index (χ3v) is 3.88. The number of esters is 2. The van der Waals surface area contributed by atoms with Crippen LogP contribution >= 0.6 is 0 Å². The first kappa shape index (κ1) is 25.2. The van der Waals surface area contributed by atoms with Gasteiger partial charge in [-0.15, -0.1) is 0 Å². The molecule has 4 heteroatoms. The molecule has 27 heavy (non-hydrogen) atoms. The number of hydrogen-bond acceptors (Lipinski definition) is 4. The molecule has 0 rings (SSSR count). The van der Waals surface area contributed by atoms with Crippen molar-refractivity contribution in [1.82, 2.24) is 0 Å². The van der Waals surface area contributed by atoms with Gasteiger partial charge >= 0.3 is 11.9 Å².